The van der Waals surface area contributed by atoms with Crippen molar-refractivity contribution in [2.24, 2.45) is 0 Å². The quantitative estimate of drug-likeness (QED) is 0.828. The SMILES string of the molecule is Cc1ccc(/C=C/C(=O)Nc2ccccc2NC(=O)CC#N)cc1. The predicted octanol–water partition coefficient (Wildman–Crippen LogP) is 3.50. The molecule has 2 N–H and O–H groups in total. The van der Waals surface area contributed by atoms with E-state index in [2.05, 4.69) is 10.6 Å². The summed E-state index contributed by atoms with van der Waals surface area (Å²) in [7, 11) is 0. The van der Waals surface area contributed by atoms with Gasteiger partial charge in [0.1, 0.15) is 6.42 Å². The van der Waals surface area contributed by atoms with Crippen molar-refractivity contribution < 1.29 is 9.59 Å². The van der Waals surface area contributed by atoms with Crippen molar-refractivity contribution in [3.63, 3.8) is 0 Å². The molecule has 0 aliphatic heterocycles. The lowest BCUT2D eigenvalue weighted by Gasteiger charge is -2.10. The van der Waals surface area contributed by atoms with Crippen LogP contribution in [0.15, 0.2) is 54.6 Å². The smallest absolute Gasteiger partial charge is 0.248 e. The van der Waals surface area contributed by atoms with Gasteiger partial charge in [0.15, 0.2) is 0 Å². The molecule has 2 aromatic carbocycles. The molecular formula is C19H17N3O2. The molecule has 0 unspecified atom stereocenters. The van der Waals surface area contributed by atoms with Crippen molar-refractivity contribution in [2.45, 2.75) is 13.3 Å². The number of nitriles is 1. The molecule has 0 atom stereocenters. The van der Waals surface area contributed by atoms with E-state index in [1.807, 2.05) is 31.2 Å². The van der Waals surface area contributed by atoms with E-state index in [1.54, 1.807) is 36.4 Å². The molecule has 24 heavy (non-hydrogen) atoms. The maximum atomic E-state index is 12.1. The third-order valence-electron chi connectivity index (χ3n) is 3.20. The highest BCUT2D eigenvalue weighted by molar-refractivity contribution is 6.05. The molecule has 0 saturated carbocycles. The van der Waals surface area contributed by atoms with Gasteiger partial charge in [0.25, 0.3) is 0 Å². The fraction of sp³-hybridized carbons (Fsp3) is 0.105. The van der Waals surface area contributed by atoms with Gasteiger partial charge in [-0.25, -0.2) is 0 Å². The zero-order valence-corrected chi connectivity index (χ0v) is 13.2. The van der Waals surface area contributed by atoms with Crippen LogP contribution >= 0.6 is 0 Å². The molecule has 0 heterocycles. The van der Waals surface area contributed by atoms with E-state index < -0.39 is 5.91 Å². The lowest BCUT2D eigenvalue weighted by molar-refractivity contribution is -0.115. The maximum Gasteiger partial charge on any atom is 0.248 e. The Hall–Kier alpha value is -3.39. The second-order valence-electron chi connectivity index (χ2n) is 5.16. The van der Waals surface area contributed by atoms with Crippen LogP contribution in [0, 0.1) is 18.3 Å². The van der Waals surface area contributed by atoms with Gasteiger partial charge >= 0.3 is 0 Å². The van der Waals surface area contributed by atoms with E-state index >= 15 is 0 Å². The van der Waals surface area contributed by atoms with Gasteiger partial charge in [-0.05, 0) is 30.7 Å². The van der Waals surface area contributed by atoms with Gasteiger partial charge in [0, 0.05) is 6.08 Å². The minimum atomic E-state index is -0.422. The van der Waals surface area contributed by atoms with Crippen molar-refractivity contribution in [3.8, 4) is 6.07 Å². The van der Waals surface area contributed by atoms with Crippen LogP contribution < -0.4 is 10.6 Å². The summed E-state index contributed by atoms with van der Waals surface area (Å²) in [5, 5.41) is 13.8. The molecule has 2 aromatic rings. The molecule has 2 amide bonds. The molecule has 2 rings (SSSR count). The second kappa shape index (κ2) is 8.30. The minimum Gasteiger partial charge on any atom is -0.323 e. The average molecular weight is 319 g/mol. The van der Waals surface area contributed by atoms with Crippen molar-refractivity contribution in [2.75, 3.05) is 10.6 Å². The van der Waals surface area contributed by atoms with Crippen LogP contribution in [-0.4, -0.2) is 11.8 Å². The summed E-state index contributed by atoms with van der Waals surface area (Å²) in [4.78, 5) is 23.6. The molecular weight excluding hydrogens is 302 g/mol. The number of carbonyl (C=O) groups is 2. The first-order valence-electron chi connectivity index (χ1n) is 7.40. The summed E-state index contributed by atoms with van der Waals surface area (Å²) in [6.07, 6.45) is 2.90. The summed E-state index contributed by atoms with van der Waals surface area (Å²) >= 11 is 0. The van der Waals surface area contributed by atoms with Crippen LogP contribution in [0.5, 0.6) is 0 Å². The average Bonchev–Trinajstić information content (AvgIpc) is 2.56. The summed E-state index contributed by atoms with van der Waals surface area (Å²) in [6, 6.07) is 16.4. The highest BCUT2D eigenvalue weighted by Gasteiger charge is 2.07. The monoisotopic (exact) mass is 319 g/mol. The number of anilines is 2. The summed E-state index contributed by atoms with van der Waals surface area (Å²) in [5.74, 6) is -0.730. The molecule has 0 aromatic heterocycles. The van der Waals surface area contributed by atoms with Gasteiger partial charge in [0.2, 0.25) is 11.8 Å². The molecule has 0 bridgehead atoms. The maximum absolute atomic E-state index is 12.1. The number of para-hydroxylation sites is 2. The van der Waals surface area contributed by atoms with Crippen molar-refractivity contribution >= 4 is 29.3 Å². The predicted molar refractivity (Wildman–Crippen MR) is 94.1 cm³/mol. The zero-order valence-electron chi connectivity index (χ0n) is 13.2. The number of nitrogens with one attached hydrogen (secondary N) is 2. The van der Waals surface area contributed by atoms with E-state index in [9.17, 15) is 9.59 Å². The lowest BCUT2D eigenvalue weighted by Crippen LogP contribution is -2.14. The number of amides is 2. The van der Waals surface area contributed by atoms with Crippen molar-refractivity contribution in [3.05, 3.63) is 65.7 Å². The molecule has 0 aliphatic rings. The Morgan fingerprint density at radius 2 is 1.67 bits per heavy atom. The molecule has 0 aliphatic carbocycles. The van der Waals surface area contributed by atoms with Crippen LogP contribution in [-0.2, 0) is 9.59 Å². The standard InChI is InChI=1S/C19H17N3O2/c1-14-6-8-15(9-7-14)10-11-18(23)21-16-4-2-3-5-17(16)22-19(24)12-13-20/h2-11H,12H2,1H3,(H,21,23)(H,22,24)/b11-10+. The van der Waals surface area contributed by atoms with E-state index in [-0.39, 0.29) is 12.3 Å². The number of carbonyl (C=O) groups excluding carboxylic acids is 2. The Bertz CT molecular complexity index is 802. The van der Waals surface area contributed by atoms with Crippen LogP contribution in [0.3, 0.4) is 0 Å². The van der Waals surface area contributed by atoms with Gasteiger partial charge < -0.3 is 10.6 Å². The molecule has 0 saturated heterocycles. The highest BCUT2D eigenvalue weighted by Crippen LogP contribution is 2.21. The molecule has 5 nitrogen and oxygen atoms in total. The number of nitrogens with zero attached hydrogens (tertiary/aromatic N) is 1. The first-order chi connectivity index (χ1) is 11.6. The largest absolute Gasteiger partial charge is 0.323 e. The second-order valence-corrected chi connectivity index (χ2v) is 5.16. The molecule has 120 valence electrons. The summed E-state index contributed by atoms with van der Waals surface area (Å²) < 4.78 is 0. The summed E-state index contributed by atoms with van der Waals surface area (Å²) in [5.41, 5.74) is 3.00. The first kappa shape index (κ1) is 17.0. The van der Waals surface area contributed by atoms with Gasteiger partial charge in [-0.1, -0.05) is 42.0 Å². The highest BCUT2D eigenvalue weighted by atomic mass is 16.2. The number of rotatable bonds is 5. The Morgan fingerprint density at radius 3 is 2.29 bits per heavy atom. The lowest BCUT2D eigenvalue weighted by atomic mass is 10.1. The van der Waals surface area contributed by atoms with E-state index in [1.165, 1.54) is 6.08 Å². The Morgan fingerprint density at radius 1 is 1.04 bits per heavy atom. The van der Waals surface area contributed by atoms with Crippen LogP contribution in [0.1, 0.15) is 17.5 Å². The topological polar surface area (TPSA) is 82.0 Å². The van der Waals surface area contributed by atoms with Crippen LogP contribution in [0.25, 0.3) is 6.08 Å². The van der Waals surface area contributed by atoms with Crippen LogP contribution in [0.2, 0.25) is 0 Å². The van der Waals surface area contributed by atoms with Gasteiger partial charge in [-0.15, -0.1) is 0 Å². The molecule has 5 heteroatoms. The Balaban J connectivity index is 2.05. The number of benzene rings is 2. The van der Waals surface area contributed by atoms with E-state index in [0.717, 1.165) is 11.1 Å². The number of hydrogen-bond donors (Lipinski definition) is 2. The normalized spacial score (nSPS) is 10.2. The van der Waals surface area contributed by atoms with Crippen molar-refractivity contribution in [1.29, 1.82) is 5.26 Å². The van der Waals surface area contributed by atoms with Gasteiger partial charge in [0.05, 0.1) is 17.4 Å². The zero-order chi connectivity index (χ0) is 17.4. The fourth-order valence-corrected chi connectivity index (χ4v) is 1.99. The third kappa shape index (κ3) is 5.11. The molecule has 0 fully saturated rings. The van der Waals surface area contributed by atoms with E-state index in [0.29, 0.717) is 11.4 Å². The van der Waals surface area contributed by atoms with Gasteiger partial charge in [-0.3, -0.25) is 9.59 Å². The number of aryl methyl sites for hydroxylation is 1. The van der Waals surface area contributed by atoms with Crippen molar-refractivity contribution in [1.82, 2.24) is 0 Å². The Kier molecular flexibility index (Phi) is 5.87. The van der Waals surface area contributed by atoms with Gasteiger partial charge in [-0.2, -0.15) is 5.26 Å². The fourth-order valence-electron chi connectivity index (χ4n) is 1.99. The van der Waals surface area contributed by atoms with E-state index in [4.69, 9.17) is 5.26 Å². The Labute approximate surface area is 140 Å². The first-order valence-corrected chi connectivity index (χ1v) is 7.40. The molecule has 0 radical (unpaired) electrons. The summed E-state index contributed by atoms with van der Waals surface area (Å²) in [6.45, 7) is 2.00. The molecule has 0 spiro atoms. The number of hydrogen-bond acceptors (Lipinski definition) is 3. The minimum absolute atomic E-state index is 0.240. The third-order valence-corrected chi connectivity index (χ3v) is 3.20. The van der Waals surface area contributed by atoms with Crippen LogP contribution in [0.4, 0.5) is 11.4 Å².